The Kier molecular flexibility index (Phi) is 10.5. The van der Waals surface area contributed by atoms with E-state index in [4.69, 9.17) is 20.8 Å². The van der Waals surface area contributed by atoms with Crippen LogP contribution in [0.2, 0.25) is 0 Å². The molecule has 0 spiro atoms. The van der Waals surface area contributed by atoms with Gasteiger partial charge in [0.25, 0.3) is 0 Å². The molecule has 2 aromatic carbocycles. The maximum absolute atomic E-state index is 9.55. The second-order valence-corrected chi connectivity index (χ2v) is 9.07. The standard InChI is InChI=1S/C24H31N3O.C4H4O4/c25-27-16-15-26-24(27)22-10-6-20(7-11-22)18-21-8-12-23(13-9-21)28-17-14-19-4-2-1-3-5-19;5-3(6)1-2-4(7)8/h6-13,19H,1-5,14-18,25H2;1-2H,(H,5,6)(H,7,8)/b;2-1-. The van der Waals surface area contributed by atoms with E-state index in [-0.39, 0.29) is 0 Å². The lowest BCUT2D eigenvalue weighted by Gasteiger charge is -2.21. The summed E-state index contributed by atoms with van der Waals surface area (Å²) in [5, 5.41) is 17.3. The number of aliphatic carboxylic acids is 2. The van der Waals surface area contributed by atoms with E-state index in [2.05, 4.69) is 53.5 Å². The number of nitrogens with two attached hydrogens (primary N) is 1. The molecule has 0 amide bonds. The number of hydrazine groups is 1. The number of benzene rings is 2. The van der Waals surface area contributed by atoms with E-state index in [1.807, 2.05) is 0 Å². The summed E-state index contributed by atoms with van der Waals surface area (Å²) < 4.78 is 5.97. The van der Waals surface area contributed by atoms with Gasteiger partial charge >= 0.3 is 11.9 Å². The number of hydrogen-bond acceptors (Lipinski definition) is 6. The zero-order chi connectivity index (χ0) is 25.8. The lowest BCUT2D eigenvalue weighted by molar-refractivity contribution is -0.134. The fourth-order valence-electron chi connectivity index (χ4n) is 4.39. The van der Waals surface area contributed by atoms with Gasteiger partial charge in [0.1, 0.15) is 11.6 Å². The van der Waals surface area contributed by atoms with E-state index >= 15 is 0 Å². The molecule has 0 bridgehead atoms. The fraction of sp³-hybridized carbons (Fsp3) is 0.393. The molecule has 1 heterocycles. The Hall–Kier alpha value is -3.65. The molecule has 192 valence electrons. The van der Waals surface area contributed by atoms with Gasteiger partial charge in [-0.15, -0.1) is 0 Å². The number of rotatable bonds is 9. The zero-order valence-electron chi connectivity index (χ0n) is 20.5. The minimum Gasteiger partial charge on any atom is -0.494 e. The van der Waals surface area contributed by atoms with Crippen LogP contribution in [0.4, 0.5) is 0 Å². The molecule has 0 radical (unpaired) electrons. The number of hydrogen-bond donors (Lipinski definition) is 3. The van der Waals surface area contributed by atoms with Crippen LogP contribution in [0.5, 0.6) is 5.75 Å². The van der Waals surface area contributed by atoms with Crippen molar-refractivity contribution in [2.24, 2.45) is 16.8 Å². The number of aliphatic imine (C=N–C) groups is 1. The molecule has 2 aromatic rings. The van der Waals surface area contributed by atoms with E-state index in [1.165, 1.54) is 49.7 Å². The van der Waals surface area contributed by atoms with Crippen molar-refractivity contribution in [3.63, 3.8) is 0 Å². The molecule has 1 aliphatic heterocycles. The van der Waals surface area contributed by atoms with Gasteiger partial charge in [0, 0.05) is 17.7 Å². The van der Waals surface area contributed by atoms with Gasteiger partial charge in [0.05, 0.1) is 19.7 Å². The Morgan fingerprint density at radius 2 is 1.53 bits per heavy atom. The van der Waals surface area contributed by atoms with Gasteiger partial charge in [-0.2, -0.15) is 0 Å². The summed E-state index contributed by atoms with van der Waals surface area (Å²) in [5.41, 5.74) is 3.67. The van der Waals surface area contributed by atoms with E-state index in [0.717, 1.165) is 49.2 Å². The summed E-state index contributed by atoms with van der Waals surface area (Å²) in [7, 11) is 0. The van der Waals surface area contributed by atoms with Crippen molar-refractivity contribution in [2.75, 3.05) is 19.7 Å². The summed E-state index contributed by atoms with van der Waals surface area (Å²) in [6, 6.07) is 17.1. The molecule has 2 aliphatic rings. The molecule has 1 aliphatic carbocycles. The first-order valence-corrected chi connectivity index (χ1v) is 12.4. The van der Waals surface area contributed by atoms with Gasteiger partial charge in [-0.3, -0.25) is 10.0 Å². The summed E-state index contributed by atoms with van der Waals surface area (Å²) in [6.07, 6.45) is 10.2. The number of amidine groups is 1. The predicted octanol–water partition coefficient (Wildman–Crippen LogP) is 4.27. The number of carboxylic acids is 2. The average Bonchev–Trinajstić information content (AvgIpc) is 3.31. The van der Waals surface area contributed by atoms with Crippen LogP contribution in [0.15, 0.2) is 65.7 Å². The molecule has 36 heavy (non-hydrogen) atoms. The van der Waals surface area contributed by atoms with Crippen molar-refractivity contribution >= 4 is 17.8 Å². The lowest BCUT2D eigenvalue weighted by Crippen LogP contribution is -2.34. The van der Waals surface area contributed by atoms with Crippen LogP contribution in [0.1, 0.15) is 55.2 Å². The van der Waals surface area contributed by atoms with Crippen LogP contribution in [0.3, 0.4) is 0 Å². The molecule has 8 heteroatoms. The molecule has 0 unspecified atom stereocenters. The van der Waals surface area contributed by atoms with E-state index in [9.17, 15) is 9.59 Å². The smallest absolute Gasteiger partial charge is 0.328 e. The quantitative estimate of drug-likeness (QED) is 0.352. The second kappa shape index (κ2) is 14.0. The van der Waals surface area contributed by atoms with Crippen molar-refractivity contribution in [3.05, 3.63) is 77.4 Å². The van der Waals surface area contributed by atoms with Crippen molar-refractivity contribution in [2.45, 2.75) is 44.9 Å². The highest BCUT2D eigenvalue weighted by Crippen LogP contribution is 2.26. The molecule has 1 saturated carbocycles. The van der Waals surface area contributed by atoms with Crippen molar-refractivity contribution in [3.8, 4) is 5.75 Å². The Bertz CT molecular complexity index is 1030. The third-order valence-electron chi connectivity index (χ3n) is 6.31. The molecule has 8 nitrogen and oxygen atoms in total. The number of carbonyl (C=O) groups is 2. The minimum absolute atomic E-state index is 0.558. The van der Waals surface area contributed by atoms with E-state index in [0.29, 0.717) is 12.2 Å². The Morgan fingerprint density at radius 1 is 0.944 bits per heavy atom. The normalized spacial score (nSPS) is 15.8. The van der Waals surface area contributed by atoms with Crippen LogP contribution in [0.25, 0.3) is 0 Å². The highest BCUT2D eigenvalue weighted by Gasteiger charge is 2.15. The predicted molar refractivity (Wildman–Crippen MR) is 139 cm³/mol. The van der Waals surface area contributed by atoms with E-state index in [1.54, 1.807) is 5.01 Å². The lowest BCUT2D eigenvalue weighted by atomic mass is 9.87. The van der Waals surface area contributed by atoms with Gasteiger partial charge in [0.15, 0.2) is 0 Å². The van der Waals surface area contributed by atoms with Crippen molar-refractivity contribution in [1.82, 2.24) is 5.01 Å². The van der Waals surface area contributed by atoms with Crippen LogP contribution in [0, 0.1) is 5.92 Å². The SMILES string of the molecule is NN1CCN=C1c1ccc(Cc2ccc(OCCC3CCCCC3)cc2)cc1.O=C(O)/C=C\C(=O)O. The first-order valence-electron chi connectivity index (χ1n) is 12.4. The Labute approximate surface area is 212 Å². The largest absolute Gasteiger partial charge is 0.494 e. The van der Waals surface area contributed by atoms with Crippen LogP contribution < -0.4 is 10.6 Å². The molecule has 0 aromatic heterocycles. The molecule has 4 N–H and O–H groups in total. The Morgan fingerprint density at radius 3 is 2.06 bits per heavy atom. The van der Waals surface area contributed by atoms with Gasteiger partial charge in [-0.1, -0.05) is 68.5 Å². The third kappa shape index (κ3) is 9.19. The molecule has 1 fully saturated rings. The highest BCUT2D eigenvalue weighted by molar-refractivity contribution is 5.99. The second-order valence-electron chi connectivity index (χ2n) is 9.07. The van der Waals surface area contributed by atoms with Crippen LogP contribution >= 0.6 is 0 Å². The van der Waals surface area contributed by atoms with Crippen LogP contribution in [-0.2, 0) is 16.0 Å². The molecular formula is C28H35N3O5. The maximum Gasteiger partial charge on any atom is 0.328 e. The number of carboxylic acid groups (broad SMARTS) is 2. The monoisotopic (exact) mass is 493 g/mol. The Balaban J connectivity index is 0.000000392. The molecule has 4 rings (SSSR count). The van der Waals surface area contributed by atoms with E-state index < -0.39 is 11.9 Å². The van der Waals surface area contributed by atoms with Gasteiger partial charge in [-0.25, -0.2) is 15.4 Å². The fourth-order valence-corrected chi connectivity index (χ4v) is 4.39. The summed E-state index contributed by atoms with van der Waals surface area (Å²) >= 11 is 0. The summed E-state index contributed by atoms with van der Waals surface area (Å²) in [6.45, 7) is 2.42. The molecule has 0 saturated heterocycles. The summed E-state index contributed by atoms with van der Waals surface area (Å²) in [5.74, 6) is 6.19. The first kappa shape index (κ1) is 26.9. The number of nitrogens with zero attached hydrogens (tertiary/aromatic N) is 2. The topological polar surface area (TPSA) is 125 Å². The zero-order valence-corrected chi connectivity index (χ0v) is 20.5. The minimum atomic E-state index is -1.26. The van der Waals surface area contributed by atoms with Crippen molar-refractivity contribution in [1.29, 1.82) is 0 Å². The summed E-state index contributed by atoms with van der Waals surface area (Å²) in [4.78, 5) is 23.6. The maximum atomic E-state index is 9.55. The third-order valence-corrected chi connectivity index (χ3v) is 6.31. The average molecular weight is 494 g/mol. The molecular weight excluding hydrogens is 458 g/mol. The number of ether oxygens (including phenoxy) is 1. The first-order chi connectivity index (χ1) is 17.4. The van der Waals surface area contributed by atoms with Gasteiger partial charge in [-0.05, 0) is 42.0 Å². The molecule has 0 atom stereocenters. The van der Waals surface area contributed by atoms with Crippen LogP contribution in [-0.4, -0.2) is 52.7 Å². The van der Waals surface area contributed by atoms with Gasteiger partial charge in [0.2, 0.25) is 0 Å². The highest BCUT2D eigenvalue weighted by atomic mass is 16.5. The van der Waals surface area contributed by atoms with Gasteiger partial charge < -0.3 is 14.9 Å². The van der Waals surface area contributed by atoms with Crippen molar-refractivity contribution < 1.29 is 24.5 Å².